The van der Waals surface area contributed by atoms with Crippen molar-refractivity contribution in [2.45, 2.75) is 0 Å². The van der Waals surface area contributed by atoms with Crippen LogP contribution in [0.2, 0.25) is 0 Å². The number of anilines is 1. The van der Waals surface area contributed by atoms with Gasteiger partial charge < -0.3 is 15.2 Å². The molecule has 0 aromatic heterocycles. The molecule has 3 nitrogen and oxygen atoms in total. The minimum absolute atomic E-state index is 0.691. The van der Waals surface area contributed by atoms with Crippen molar-refractivity contribution in [2.24, 2.45) is 0 Å². The smallest absolute Gasteiger partial charge is 0.138 e. The molecule has 96 valence electrons. The van der Waals surface area contributed by atoms with E-state index in [2.05, 4.69) is 11.8 Å². The Morgan fingerprint density at radius 1 is 0.895 bits per heavy atom. The van der Waals surface area contributed by atoms with E-state index in [1.165, 1.54) is 0 Å². The Hall–Kier alpha value is -2.60. The van der Waals surface area contributed by atoms with Crippen molar-refractivity contribution in [3.8, 4) is 23.3 Å². The van der Waals surface area contributed by atoms with Crippen LogP contribution in [-0.4, -0.2) is 14.2 Å². The molecule has 0 radical (unpaired) electrons. The predicted octanol–water partition coefficient (Wildman–Crippen LogP) is 2.69. The monoisotopic (exact) mass is 253 g/mol. The molecule has 0 saturated carbocycles. The summed E-state index contributed by atoms with van der Waals surface area (Å²) in [5, 5.41) is 0. The Bertz CT molecular complexity index is 616. The molecular formula is C16H15NO2. The topological polar surface area (TPSA) is 44.5 Å². The van der Waals surface area contributed by atoms with Gasteiger partial charge in [-0.2, -0.15) is 0 Å². The molecule has 0 atom stereocenters. The van der Waals surface area contributed by atoms with Crippen molar-refractivity contribution in [2.75, 3.05) is 20.0 Å². The van der Waals surface area contributed by atoms with Crippen molar-refractivity contribution in [1.82, 2.24) is 0 Å². The lowest BCUT2D eigenvalue weighted by atomic mass is 10.1. The van der Waals surface area contributed by atoms with E-state index in [9.17, 15) is 0 Å². The lowest BCUT2D eigenvalue weighted by Crippen LogP contribution is -1.93. The Kier molecular flexibility index (Phi) is 3.94. The molecule has 0 saturated heterocycles. The number of ether oxygens (including phenoxy) is 2. The van der Waals surface area contributed by atoms with E-state index in [4.69, 9.17) is 15.2 Å². The third kappa shape index (κ3) is 2.99. The molecule has 2 aromatic rings. The summed E-state index contributed by atoms with van der Waals surface area (Å²) < 4.78 is 10.6. The van der Waals surface area contributed by atoms with Crippen LogP contribution in [-0.2, 0) is 0 Å². The van der Waals surface area contributed by atoms with Gasteiger partial charge in [0.25, 0.3) is 0 Å². The number of nitrogens with two attached hydrogens (primary N) is 1. The summed E-state index contributed by atoms with van der Waals surface area (Å²) in [5.41, 5.74) is 8.00. The molecule has 0 spiro atoms. The average molecular weight is 253 g/mol. The second kappa shape index (κ2) is 5.83. The predicted molar refractivity (Wildman–Crippen MR) is 76.4 cm³/mol. The average Bonchev–Trinajstić information content (AvgIpc) is 2.44. The largest absolute Gasteiger partial charge is 0.495 e. The number of hydrogen-bond donors (Lipinski definition) is 1. The fraction of sp³-hybridized carbons (Fsp3) is 0.125. The second-order valence-corrected chi connectivity index (χ2v) is 3.91. The summed E-state index contributed by atoms with van der Waals surface area (Å²) in [6, 6.07) is 13.0. The molecular weight excluding hydrogens is 238 g/mol. The molecule has 0 aliphatic heterocycles. The molecule has 2 rings (SSSR count). The molecule has 0 aliphatic carbocycles. The van der Waals surface area contributed by atoms with E-state index >= 15 is 0 Å². The first-order valence-electron chi connectivity index (χ1n) is 5.83. The number of hydrogen-bond acceptors (Lipinski definition) is 3. The van der Waals surface area contributed by atoms with Crippen LogP contribution in [0.4, 0.5) is 5.69 Å². The standard InChI is InChI=1S/C16H15NO2/c1-18-15-7-4-8-16(19-2)14(15)10-9-12-5-3-6-13(17)11-12/h3-8,11H,17H2,1-2H3. The van der Waals surface area contributed by atoms with Crippen LogP contribution in [0.15, 0.2) is 42.5 Å². The Morgan fingerprint density at radius 2 is 1.53 bits per heavy atom. The highest BCUT2D eigenvalue weighted by molar-refractivity contribution is 5.58. The summed E-state index contributed by atoms with van der Waals surface area (Å²) in [6.45, 7) is 0. The molecule has 0 unspecified atom stereocenters. The van der Waals surface area contributed by atoms with E-state index < -0.39 is 0 Å². The van der Waals surface area contributed by atoms with Crippen LogP contribution >= 0.6 is 0 Å². The first-order chi connectivity index (χ1) is 9.24. The number of benzene rings is 2. The first kappa shape index (κ1) is 12.8. The SMILES string of the molecule is COc1cccc(OC)c1C#Cc1cccc(N)c1. The van der Waals surface area contributed by atoms with Crippen LogP contribution in [0.3, 0.4) is 0 Å². The second-order valence-electron chi connectivity index (χ2n) is 3.91. The zero-order valence-electron chi connectivity index (χ0n) is 10.9. The Morgan fingerprint density at radius 3 is 2.11 bits per heavy atom. The zero-order valence-corrected chi connectivity index (χ0v) is 10.9. The lowest BCUT2D eigenvalue weighted by molar-refractivity contribution is 0.392. The third-order valence-electron chi connectivity index (χ3n) is 2.65. The maximum Gasteiger partial charge on any atom is 0.138 e. The number of nitrogen functional groups attached to an aromatic ring is 1. The summed E-state index contributed by atoms with van der Waals surface area (Å²) in [4.78, 5) is 0. The number of rotatable bonds is 2. The maximum absolute atomic E-state index is 5.72. The van der Waals surface area contributed by atoms with E-state index in [0.29, 0.717) is 17.2 Å². The first-order valence-corrected chi connectivity index (χ1v) is 5.83. The molecule has 0 aliphatic rings. The van der Waals surface area contributed by atoms with E-state index in [1.807, 2.05) is 42.5 Å². The van der Waals surface area contributed by atoms with Crippen molar-refractivity contribution in [1.29, 1.82) is 0 Å². The molecule has 0 heterocycles. The molecule has 0 amide bonds. The van der Waals surface area contributed by atoms with E-state index in [0.717, 1.165) is 11.1 Å². The van der Waals surface area contributed by atoms with Gasteiger partial charge in [-0.05, 0) is 30.3 Å². The van der Waals surface area contributed by atoms with Crippen LogP contribution < -0.4 is 15.2 Å². The summed E-state index contributed by atoms with van der Waals surface area (Å²) in [5.74, 6) is 7.51. The van der Waals surface area contributed by atoms with Crippen LogP contribution in [0.5, 0.6) is 11.5 Å². The highest BCUT2D eigenvalue weighted by atomic mass is 16.5. The molecule has 0 fully saturated rings. The highest BCUT2D eigenvalue weighted by Crippen LogP contribution is 2.27. The minimum atomic E-state index is 0.691. The van der Waals surface area contributed by atoms with Gasteiger partial charge in [0.1, 0.15) is 17.1 Å². The van der Waals surface area contributed by atoms with Gasteiger partial charge in [-0.15, -0.1) is 0 Å². The van der Waals surface area contributed by atoms with Crippen LogP contribution in [0, 0.1) is 11.8 Å². The van der Waals surface area contributed by atoms with Gasteiger partial charge in [0.2, 0.25) is 0 Å². The molecule has 2 N–H and O–H groups in total. The van der Waals surface area contributed by atoms with Gasteiger partial charge in [-0.25, -0.2) is 0 Å². The summed E-state index contributed by atoms with van der Waals surface area (Å²) in [6.07, 6.45) is 0. The molecule has 19 heavy (non-hydrogen) atoms. The minimum Gasteiger partial charge on any atom is -0.495 e. The van der Waals surface area contributed by atoms with Gasteiger partial charge in [-0.1, -0.05) is 24.0 Å². The van der Waals surface area contributed by atoms with Crippen molar-refractivity contribution in [3.63, 3.8) is 0 Å². The quantitative estimate of drug-likeness (QED) is 0.661. The van der Waals surface area contributed by atoms with Gasteiger partial charge in [0, 0.05) is 11.3 Å². The van der Waals surface area contributed by atoms with Crippen LogP contribution in [0.1, 0.15) is 11.1 Å². The maximum atomic E-state index is 5.72. The fourth-order valence-corrected chi connectivity index (χ4v) is 1.73. The number of methoxy groups -OCH3 is 2. The Labute approximate surface area is 113 Å². The van der Waals surface area contributed by atoms with E-state index in [1.54, 1.807) is 14.2 Å². The van der Waals surface area contributed by atoms with Gasteiger partial charge in [-0.3, -0.25) is 0 Å². The van der Waals surface area contributed by atoms with Crippen LogP contribution in [0.25, 0.3) is 0 Å². The molecule has 3 heteroatoms. The highest BCUT2D eigenvalue weighted by Gasteiger charge is 2.06. The third-order valence-corrected chi connectivity index (χ3v) is 2.65. The zero-order chi connectivity index (χ0) is 13.7. The van der Waals surface area contributed by atoms with Crippen molar-refractivity contribution >= 4 is 5.69 Å². The summed E-state index contributed by atoms with van der Waals surface area (Å²) in [7, 11) is 3.22. The molecule has 2 aromatic carbocycles. The Balaban J connectivity index is 2.44. The molecule has 0 bridgehead atoms. The fourth-order valence-electron chi connectivity index (χ4n) is 1.73. The van der Waals surface area contributed by atoms with Gasteiger partial charge in [0.15, 0.2) is 0 Å². The van der Waals surface area contributed by atoms with Gasteiger partial charge >= 0.3 is 0 Å². The van der Waals surface area contributed by atoms with Crippen molar-refractivity contribution in [3.05, 3.63) is 53.6 Å². The normalized spacial score (nSPS) is 9.37. The van der Waals surface area contributed by atoms with E-state index in [-0.39, 0.29) is 0 Å². The summed E-state index contributed by atoms with van der Waals surface area (Å²) >= 11 is 0. The van der Waals surface area contributed by atoms with Gasteiger partial charge in [0.05, 0.1) is 14.2 Å². The van der Waals surface area contributed by atoms with Crippen molar-refractivity contribution < 1.29 is 9.47 Å². The lowest BCUT2D eigenvalue weighted by Gasteiger charge is -2.07.